The van der Waals surface area contributed by atoms with Crippen LogP contribution in [-0.2, 0) is 0 Å². The van der Waals surface area contributed by atoms with E-state index in [0.717, 1.165) is 0 Å². The van der Waals surface area contributed by atoms with Crippen LogP contribution in [0.3, 0.4) is 0 Å². The first-order valence-corrected chi connectivity index (χ1v) is 5.53. The third kappa shape index (κ3) is 3.35. The molecule has 0 aliphatic heterocycles. The Morgan fingerprint density at radius 1 is 1.59 bits per heavy atom. The summed E-state index contributed by atoms with van der Waals surface area (Å²) < 4.78 is 5.35. The fraction of sp³-hybridized carbons (Fsp3) is 0.417. The highest BCUT2D eigenvalue weighted by atomic mass is 16.5. The van der Waals surface area contributed by atoms with Gasteiger partial charge in [0.15, 0.2) is 0 Å². The molecule has 5 heteroatoms. The lowest BCUT2D eigenvalue weighted by molar-refractivity contribution is 0.0919. The molecule has 0 radical (unpaired) electrons. The molecule has 1 amide bonds. The molecule has 94 valence electrons. The lowest BCUT2D eigenvalue weighted by Gasteiger charge is -2.15. The van der Waals surface area contributed by atoms with Crippen LogP contribution in [0, 0.1) is 0 Å². The van der Waals surface area contributed by atoms with Gasteiger partial charge in [0.2, 0.25) is 0 Å². The second kappa shape index (κ2) is 6.10. The summed E-state index contributed by atoms with van der Waals surface area (Å²) in [7, 11) is 0. The van der Waals surface area contributed by atoms with Gasteiger partial charge in [0.1, 0.15) is 11.3 Å². The summed E-state index contributed by atoms with van der Waals surface area (Å²) in [4.78, 5) is 11.9. The summed E-state index contributed by atoms with van der Waals surface area (Å²) in [6, 6.07) is 4.74. The Kier molecular flexibility index (Phi) is 4.78. The molecule has 0 saturated heterocycles. The van der Waals surface area contributed by atoms with Crippen molar-refractivity contribution in [2.45, 2.75) is 19.9 Å². The Morgan fingerprint density at radius 3 is 2.88 bits per heavy atom. The highest BCUT2D eigenvalue weighted by Crippen LogP contribution is 2.24. The molecule has 0 heterocycles. The second-order valence-electron chi connectivity index (χ2n) is 3.71. The fourth-order valence-electron chi connectivity index (χ4n) is 1.41. The molecule has 0 aliphatic rings. The van der Waals surface area contributed by atoms with Crippen LogP contribution in [0.2, 0.25) is 0 Å². The van der Waals surface area contributed by atoms with Crippen molar-refractivity contribution in [3.63, 3.8) is 0 Å². The SMILES string of the molecule is CCOc1cccc(N)c1C(=O)NC(C)CO. The van der Waals surface area contributed by atoms with E-state index in [4.69, 9.17) is 15.6 Å². The van der Waals surface area contributed by atoms with E-state index in [9.17, 15) is 4.79 Å². The van der Waals surface area contributed by atoms with Crippen LogP contribution in [0.15, 0.2) is 18.2 Å². The number of amides is 1. The van der Waals surface area contributed by atoms with Crippen LogP contribution < -0.4 is 15.8 Å². The van der Waals surface area contributed by atoms with Crippen molar-refractivity contribution in [2.75, 3.05) is 18.9 Å². The molecule has 0 aromatic heterocycles. The van der Waals surface area contributed by atoms with Gasteiger partial charge in [-0.1, -0.05) is 6.07 Å². The Bertz CT molecular complexity index is 393. The van der Waals surface area contributed by atoms with E-state index in [1.807, 2.05) is 6.92 Å². The first-order valence-electron chi connectivity index (χ1n) is 5.53. The molecule has 0 spiro atoms. The fourth-order valence-corrected chi connectivity index (χ4v) is 1.41. The van der Waals surface area contributed by atoms with Gasteiger partial charge in [-0.05, 0) is 26.0 Å². The maximum Gasteiger partial charge on any atom is 0.257 e. The van der Waals surface area contributed by atoms with Crippen molar-refractivity contribution in [2.24, 2.45) is 0 Å². The standard InChI is InChI=1S/C12H18N2O3/c1-3-17-10-6-4-5-9(13)11(10)12(16)14-8(2)7-15/h4-6,8,15H,3,7,13H2,1-2H3,(H,14,16). The van der Waals surface area contributed by atoms with Gasteiger partial charge in [-0.15, -0.1) is 0 Å². The molecule has 17 heavy (non-hydrogen) atoms. The largest absolute Gasteiger partial charge is 0.493 e. The van der Waals surface area contributed by atoms with E-state index in [1.54, 1.807) is 25.1 Å². The summed E-state index contributed by atoms with van der Waals surface area (Å²) >= 11 is 0. The Labute approximate surface area is 101 Å². The van der Waals surface area contributed by atoms with E-state index >= 15 is 0 Å². The van der Waals surface area contributed by atoms with Crippen molar-refractivity contribution in [1.29, 1.82) is 0 Å². The number of nitrogens with two attached hydrogens (primary N) is 1. The van der Waals surface area contributed by atoms with E-state index in [0.29, 0.717) is 23.6 Å². The molecule has 1 aromatic carbocycles. The first-order chi connectivity index (χ1) is 8.10. The molecule has 1 aromatic rings. The minimum absolute atomic E-state index is 0.123. The number of ether oxygens (including phenoxy) is 1. The Balaban J connectivity index is 2.98. The number of aliphatic hydroxyl groups is 1. The van der Waals surface area contributed by atoms with Gasteiger partial charge in [0.05, 0.1) is 13.2 Å². The molecule has 1 atom stereocenters. The Hall–Kier alpha value is -1.75. The topological polar surface area (TPSA) is 84.6 Å². The van der Waals surface area contributed by atoms with Crippen LogP contribution in [-0.4, -0.2) is 30.3 Å². The van der Waals surface area contributed by atoms with Gasteiger partial charge in [0.25, 0.3) is 5.91 Å². The quantitative estimate of drug-likeness (QED) is 0.662. The average molecular weight is 238 g/mol. The molecule has 0 bridgehead atoms. The third-order valence-electron chi connectivity index (χ3n) is 2.24. The minimum Gasteiger partial charge on any atom is -0.493 e. The number of hydrogen-bond acceptors (Lipinski definition) is 4. The zero-order valence-electron chi connectivity index (χ0n) is 10.1. The molecule has 0 aliphatic carbocycles. The third-order valence-corrected chi connectivity index (χ3v) is 2.24. The molecule has 1 unspecified atom stereocenters. The van der Waals surface area contributed by atoms with E-state index < -0.39 is 0 Å². The van der Waals surface area contributed by atoms with Gasteiger partial charge in [0, 0.05) is 11.7 Å². The van der Waals surface area contributed by atoms with Crippen LogP contribution in [0.4, 0.5) is 5.69 Å². The summed E-state index contributed by atoms with van der Waals surface area (Å²) in [6.07, 6.45) is 0. The van der Waals surface area contributed by atoms with Crippen molar-refractivity contribution in [3.8, 4) is 5.75 Å². The normalized spacial score (nSPS) is 11.9. The predicted octanol–water partition coefficient (Wildman–Crippen LogP) is 0.778. The van der Waals surface area contributed by atoms with Gasteiger partial charge in [-0.3, -0.25) is 4.79 Å². The number of carbonyl (C=O) groups excluding carboxylic acids is 1. The van der Waals surface area contributed by atoms with Gasteiger partial charge in [-0.25, -0.2) is 0 Å². The minimum atomic E-state index is -0.340. The first kappa shape index (κ1) is 13.3. The molecular formula is C12H18N2O3. The number of nitrogens with one attached hydrogen (secondary N) is 1. The average Bonchev–Trinajstić information content (AvgIpc) is 2.29. The van der Waals surface area contributed by atoms with Crippen LogP contribution in [0.25, 0.3) is 0 Å². The van der Waals surface area contributed by atoms with Gasteiger partial charge < -0.3 is 20.9 Å². The number of carbonyl (C=O) groups is 1. The summed E-state index contributed by atoms with van der Waals surface area (Å²) in [5.41, 5.74) is 6.44. The number of benzene rings is 1. The highest BCUT2D eigenvalue weighted by Gasteiger charge is 2.17. The smallest absolute Gasteiger partial charge is 0.257 e. The zero-order valence-corrected chi connectivity index (χ0v) is 10.1. The Morgan fingerprint density at radius 2 is 2.29 bits per heavy atom. The molecule has 5 nitrogen and oxygen atoms in total. The predicted molar refractivity (Wildman–Crippen MR) is 66.0 cm³/mol. The molecule has 1 rings (SSSR count). The monoisotopic (exact) mass is 238 g/mol. The van der Waals surface area contributed by atoms with Crippen LogP contribution in [0.1, 0.15) is 24.2 Å². The molecule has 4 N–H and O–H groups in total. The van der Waals surface area contributed by atoms with Crippen molar-refractivity contribution >= 4 is 11.6 Å². The highest BCUT2D eigenvalue weighted by molar-refractivity contribution is 6.02. The van der Waals surface area contributed by atoms with E-state index in [1.165, 1.54) is 0 Å². The van der Waals surface area contributed by atoms with Crippen LogP contribution >= 0.6 is 0 Å². The number of rotatable bonds is 5. The summed E-state index contributed by atoms with van der Waals surface area (Å²) in [5, 5.41) is 11.5. The van der Waals surface area contributed by atoms with Gasteiger partial charge >= 0.3 is 0 Å². The maximum atomic E-state index is 11.9. The van der Waals surface area contributed by atoms with Crippen molar-refractivity contribution in [3.05, 3.63) is 23.8 Å². The zero-order chi connectivity index (χ0) is 12.8. The second-order valence-corrected chi connectivity index (χ2v) is 3.71. The molecule has 0 saturated carbocycles. The maximum absolute atomic E-state index is 11.9. The number of nitrogen functional groups attached to an aromatic ring is 1. The molecule has 0 fully saturated rings. The molecular weight excluding hydrogens is 220 g/mol. The summed E-state index contributed by atoms with van der Waals surface area (Å²) in [6.45, 7) is 3.88. The lowest BCUT2D eigenvalue weighted by atomic mass is 10.1. The van der Waals surface area contributed by atoms with E-state index in [-0.39, 0.29) is 18.6 Å². The lowest BCUT2D eigenvalue weighted by Crippen LogP contribution is -2.35. The van der Waals surface area contributed by atoms with Crippen molar-refractivity contribution < 1.29 is 14.6 Å². The van der Waals surface area contributed by atoms with E-state index in [2.05, 4.69) is 5.32 Å². The summed E-state index contributed by atoms with van der Waals surface area (Å²) in [5.74, 6) is 0.114. The van der Waals surface area contributed by atoms with Crippen LogP contribution in [0.5, 0.6) is 5.75 Å². The van der Waals surface area contributed by atoms with Crippen molar-refractivity contribution in [1.82, 2.24) is 5.32 Å². The number of hydrogen-bond donors (Lipinski definition) is 3. The number of anilines is 1. The number of aliphatic hydroxyl groups excluding tert-OH is 1. The van der Waals surface area contributed by atoms with Gasteiger partial charge in [-0.2, -0.15) is 0 Å².